The van der Waals surface area contributed by atoms with E-state index in [-0.39, 0.29) is 12.5 Å². The zero-order valence-corrected chi connectivity index (χ0v) is 12.9. The summed E-state index contributed by atoms with van der Waals surface area (Å²) in [7, 11) is 0. The second-order valence-electron chi connectivity index (χ2n) is 5.29. The van der Waals surface area contributed by atoms with Gasteiger partial charge in [0.2, 0.25) is 0 Å². The van der Waals surface area contributed by atoms with E-state index in [1.807, 2.05) is 13.8 Å². The fraction of sp³-hybridized carbons (Fsp3) is 0.429. The number of imide groups is 1. The minimum Gasteiger partial charge on any atom is -0.326 e. The van der Waals surface area contributed by atoms with Gasteiger partial charge in [0.1, 0.15) is 11.9 Å². The Morgan fingerprint density at radius 3 is 2.70 bits per heavy atom. The van der Waals surface area contributed by atoms with Crippen molar-refractivity contribution in [1.29, 1.82) is 0 Å². The summed E-state index contributed by atoms with van der Waals surface area (Å²) in [6.45, 7) is 3.92. The van der Waals surface area contributed by atoms with Gasteiger partial charge < -0.3 is 5.32 Å². The molecule has 4 nitrogen and oxygen atoms in total. The van der Waals surface area contributed by atoms with Crippen molar-refractivity contribution in [3.05, 3.63) is 34.1 Å². The van der Waals surface area contributed by atoms with Crippen LogP contribution >= 0.6 is 15.9 Å². The molecule has 1 aliphatic rings. The van der Waals surface area contributed by atoms with Gasteiger partial charge >= 0.3 is 6.03 Å². The van der Waals surface area contributed by atoms with E-state index in [1.54, 1.807) is 12.1 Å². The molecule has 1 unspecified atom stereocenters. The third-order valence-electron chi connectivity index (χ3n) is 3.16. The summed E-state index contributed by atoms with van der Waals surface area (Å²) in [5, 5.41) is 2.64. The number of urea groups is 1. The van der Waals surface area contributed by atoms with Gasteiger partial charge in [-0.3, -0.25) is 9.69 Å². The summed E-state index contributed by atoms with van der Waals surface area (Å²) in [5.74, 6) is -0.424. The van der Waals surface area contributed by atoms with Gasteiger partial charge in [0, 0.05) is 10.0 Å². The quantitative estimate of drug-likeness (QED) is 0.855. The van der Waals surface area contributed by atoms with Gasteiger partial charge in [-0.1, -0.05) is 35.8 Å². The molecule has 1 aromatic rings. The van der Waals surface area contributed by atoms with Crippen LogP contribution in [0.2, 0.25) is 0 Å². The molecular formula is C14H16BrFN2O2. The SMILES string of the molecule is CC(C)CC1NC(=O)N(Cc2ccc(Br)cc2F)C1=O. The van der Waals surface area contributed by atoms with Gasteiger partial charge in [-0.2, -0.15) is 0 Å². The first-order chi connectivity index (χ1) is 9.38. The van der Waals surface area contributed by atoms with E-state index < -0.39 is 17.9 Å². The second-order valence-corrected chi connectivity index (χ2v) is 6.21. The Balaban J connectivity index is 2.13. The smallest absolute Gasteiger partial charge is 0.325 e. The summed E-state index contributed by atoms with van der Waals surface area (Å²) in [6.07, 6.45) is 0.587. The fourth-order valence-corrected chi connectivity index (χ4v) is 2.51. The maximum absolute atomic E-state index is 13.8. The molecular weight excluding hydrogens is 327 g/mol. The largest absolute Gasteiger partial charge is 0.326 e. The van der Waals surface area contributed by atoms with Crippen molar-refractivity contribution in [2.24, 2.45) is 5.92 Å². The van der Waals surface area contributed by atoms with Gasteiger partial charge in [-0.25, -0.2) is 9.18 Å². The van der Waals surface area contributed by atoms with E-state index in [4.69, 9.17) is 0 Å². The number of hydrogen-bond donors (Lipinski definition) is 1. The molecule has 3 amide bonds. The maximum Gasteiger partial charge on any atom is 0.325 e. The van der Waals surface area contributed by atoms with Crippen molar-refractivity contribution in [2.45, 2.75) is 32.9 Å². The van der Waals surface area contributed by atoms with Crippen LogP contribution < -0.4 is 5.32 Å². The highest BCUT2D eigenvalue weighted by molar-refractivity contribution is 9.10. The molecule has 1 atom stereocenters. The summed E-state index contributed by atoms with van der Waals surface area (Å²) in [6, 6.07) is 3.61. The van der Waals surface area contributed by atoms with Crippen LogP contribution in [-0.4, -0.2) is 22.9 Å². The molecule has 108 valence electrons. The van der Waals surface area contributed by atoms with Crippen LogP contribution in [0.15, 0.2) is 22.7 Å². The molecule has 20 heavy (non-hydrogen) atoms. The monoisotopic (exact) mass is 342 g/mol. The molecule has 0 aromatic heterocycles. The Bertz CT molecular complexity index is 548. The molecule has 1 aromatic carbocycles. The van der Waals surface area contributed by atoms with Gasteiger partial charge in [0.25, 0.3) is 5.91 Å². The Morgan fingerprint density at radius 1 is 1.40 bits per heavy atom. The number of rotatable bonds is 4. The third kappa shape index (κ3) is 3.17. The van der Waals surface area contributed by atoms with Crippen molar-refractivity contribution < 1.29 is 14.0 Å². The van der Waals surface area contributed by atoms with Crippen LogP contribution in [0.3, 0.4) is 0 Å². The van der Waals surface area contributed by atoms with Crippen molar-refractivity contribution in [2.75, 3.05) is 0 Å². The number of nitrogens with one attached hydrogen (secondary N) is 1. The number of benzene rings is 1. The van der Waals surface area contributed by atoms with Crippen LogP contribution in [0.25, 0.3) is 0 Å². The summed E-state index contributed by atoms with van der Waals surface area (Å²) >= 11 is 3.17. The van der Waals surface area contributed by atoms with Crippen molar-refractivity contribution in [1.82, 2.24) is 10.2 Å². The number of hydrogen-bond acceptors (Lipinski definition) is 2. The predicted octanol–water partition coefficient (Wildman–Crippen LogP) is 3.05. The first-order valence-electron chi connectivity index (χ1n) is 6.44. The first-order valence-corrected chi connectivity index (χ1v) is 7.23. The highest BCUT2D eigenvalue weighted by Gasteiger charge is 2.38. The third-order valence-corrected chi connectivity index (χ3v) is 3.65. The molecule has 0 saturated carbocycles. The van der Waals surface area contributed by atoms with Crippen LogP contribution in [0.4, 0.5) is 9.18 Å². The standard InChI is InChI=1S/C14H16BrFN2O2/c1-8(2)5-12-13(19)18(14(20)17-12)7-9-3-4-10(15)6-11(9)16/h3-4,6,8,12H,5,7H2,1-2H3,(H,17,20). The number of carbonyl (C=O) groups excluding carboxylic acids is 2. The van der Waals surface area contributed by atoms with Crippen molar-refractivity contribution >= 4 is 27.9 Å². The van der Waals surface area contributed by atoms with Crippen molar-refractivity contribution in [3.63, 3.8) is 0 Å². The van der Waals surface area contributed by atoms with Gasteiger partial charge in [-0.15, -0.1) is 0 Å². The molecule has 6 heteroatoms. The molecule has 1 fully saturated rings. The van der Waals surface area contributed by atoms with E-state index in [0.717, 1.165) is 4.90 Å². The van der Waals surface area contributed by atoms with Gasteiger partial charge in [0.15, 0.2) is 0 Å². The molecule has 1 heterocycles. The van der Waals surface area contributed by atoms with E-state index in [2.05, 4.69) is 21.2 Å². The summed E-state index contributed by atoms with van der Waals surface area (Å²) < 4.78 is 14.4. The first kappa shape index (κ1) is 15.0. The lowest BCUT2D eigenvalue weighted by atomic mass is 10.0. The predicted molar refractivity (Wildman–Crippen MR) is 76.4 cm³/mol. The maximum atomic E-state index is 13.8. The lowest BCUT2D eigenvalue weighted by Gasteiger charge is -2.14. The Hall–Kier alpha value is -1.43. The molecule has 0 aliphatic carbocycles. The summed E-state index contributed by atoms with van der Waals surface area (Å²) in [5.41, 5.74) is 0.321. The zero-order chi connectivity index (χ0) is 14.9. The molecule has 1 aliphatic heterocycles. The molecule has 0 spiro atoms. The molecule has 0 radical (unpaired) electrons. The molecule has 1 saturated heterocycles. The average molecular weight is 343 g/mol. The van der Waals surface area contributed by atoms with Crippen LogP contribution in [0, 0.1) is 11.7 Å². The normalized spacial score (nSPS) is 18.9. The lowest BCUT2D eigenvalue weighted by molar-refractivity contribution is -0.128. The molecule has 2 rings (SSSR count). The van der Waals surface area contributed by atoms with Gasteiger partial charge in [0.05, 0.1) is 6.54 Å². The number of nitrogens with zero attached hydrogens (tertiary/aromatic N) is 1. The van der Waals surface area contributed by atoms with E-state index in [1.165, 1.54) is 6.07 Å². The highest BCUT2D eigenvalue weighted by atomic mass is 79.9. The molecule has 0 bridgehead atoms. The second kappa shape index (κ2) is 5.91. The Morgan fingerprint density at radius 2 is 2.10 bits per heavy atom. The number of halogens is 2. The highest BCUT2D eigenvalue weighted by Crippen LogP contribution is 2.20. The van der Waals surface area contributed by atoms with E-state index in [0.29, 0.717) is 22.4 Å². The zero-order valence-electron chi connectivity index (χ0n) is 11.3. The lowest BCUT2D eigenvalue weighted by Crippen LogP contribution is -2.31. The Kier molecular flexibility index (Phi) is 4.42. The van der Waals surface area contributed by atoms with E-state index >= 15 is 0 Å². The van der Waals surface area contributed by atoms with Crippen LogP contribution in [-0.2, 0) is 11.3 Å². The number of amides is 3. The van der Waals surface area contributed by atoms with Crippen LogP contribution in [0.5, 0.6) is 0 Å². The minimum absolute atomic E-state index is 0.0433. The summed E-state index contributed by atoms with van der Waals surface area (Å²) in [4.78, 5) is 25.0. The average Bonchev–Trinajstić information content (AvgIpc) is 2.59. The van der Waals surface area contributed by atoms with Gasteiger partial charge in [-0.05, 0) is 24.5 Å². The topological polar surface area (TPSA) is 49.4 Å². The van der Waals surface area contributed by atoms with E-state index in [9.17, 15) is 14.0 Å². The van der Waals surface area contributed by atoms with Crippen molar-refractivity contribution in [3.8, 4) is 0 Å². The van der Waals surface area contributed by atoms with Crippen LogP contribution in [0.1, 0.15) is 25.8 Å². The Labute approximate surface area is 125 Å². The number of carbonyl (C=O) groups is 2. The fourth-order valence-electron chi connectivity index (χ4n) is 2.18. The molecule has 1 N–H and O–H groups in total. The minimum atomic E-state index is -0.499.